The van der Waals surface area contributed by atoms with Gasteiger partial charge in [-0.3, -0.25) is 0 Å². The normalized spacial score (nSPS) is 11.6. The maximum atomic E-state index is 4.72. The van der Waals surface area contributed by atoms with Crippen LogP contribution in [0.25, 0.3) is 0 Å². The lowest BCUT2D eigenvalue weighted by Crippen LogP contribution is -2.37. The SMILES string of the molecule is CCN(CC)c1cccc(CCNC(C)(C)C)n1. The zero-order valence-corrected chi connectivity index (χ0v) is 12.5. The Hall–Kier alpha value is -1.09. The number of nitrogens with zero attached hydrogens (tertiary/aromatic N) is 2. The van der Waals surface area contributed by atoms with Crippen LogP contribution in [0.3, 0.4) is 0 Å². The Morgan fingerprint density at radius 2 is 1.83 bits per heavy atom. The molecule has 1 rings (SSSR count). The van der Waals surface area contributed by atoms with Crippen LogP contribution in [0.2, 0.25) is 0 Å². The molecule has 1 heterocycles. The fraction of sp³-hybridized carbons (Fsp3) is 0.667. The van der Waals surface area contributed by atoms with Gasteiger partial charge in [0.05, 0.1) is 0 Å². The first-order chi connectivity index (χ1) is 8.46. The van der Waals surface area contributed by atoms with Gasteiger partial charge in [0.2, 0.25) is 0 Å². The van der Waals surface area contributed by atoms with Crippen molar-refractivity contribution in [3.05, 3.63) is 23.9 Å². The van der Waals surface area contributed by atoms with Crippen LogP contribution < -0.4 is 10.2 Å². The Balaban J connectivity index is 2.59. The van der Waals surface area contributed by atoms with E-state index in [1.807, 2.05) is 0 Å². The van der Waals surface area contributed by atoms with Crippen LogP contribution in [-0.2, 0) is 6.42 Å². The Labute approximate surface area is 112 Å². The summed E-state index contributed by atoms with van der Waals surface area (Å²) in [5.41, 5.74) is 1.34. The topological polar surface area (TPSA) is 28.2 Å². The van der Waals surface area contributed by atoms with E-state index < -0.39 is 0 Å². The highest BCUT2D eigenvalue weighted by Gasteiger charge is 2.08. The molecule has 0 aliphatic carbocycles. The van der Waals surface area contributed by atoms with E-state index in [-0.39, 0.29) is 5.54 Å². The van der Waals surface area contributed by atoms with Gasteiger partial charge in [0, 0.05) is 37.3 Å². The molecule has 3 nitrogen and oxygen atoms in total. The summed E-state index contributed by atoms with van der Waals surface area (Å²) in [6.45, 7) is 13.9. The molecule has 1 aromatic rings. The number of anilines is 1. The highest BCUT2D eigenvalue weighted by Crippen LogP contribution is 2.11. The van der Waals surface area contributed by atoms with E-state index in [1.54, 1.807) is 0 Å². The summed E-state index contributed by atoms with van der Waals surface area (Å²) in [5.74, 6) is 1.09. The quantitative estimate of drug-likeness (QED) is 0.840. The fourth-order valence-corrected chi connectivity index (χ4v) is 1.90. The van der Waals surface area contributed by atoms with E-state index in [2.05, 4.69) is 63.0 Å². The lowest BCUT2D eigenvalue weighted by Gasteiger charge is -2.22. The second kappa shape index (κ2) is 6.74. The van der Waals surface area contributed by atoms with Crippen LogP contribution in [0, 0.1) is 0 Å². The van der Waals surface area contributed by atoms with Crippen LogP contribution in [0.5, 0.6) is 0 Å². The van der Waals surface area contributed by atoms with Gasteiger partial charge in [-0.2, -0.15) is 0 Å². The predicted molar refractivity (Wildman–Crippen MR) is 79.3 cm³/mol. The van der Waals surface area contributed by atoms with Crippen molar-refractivity contribution in [2.75, 3.05) is 24.5 Å². The summed E-state index contributed by atoms with van der Waals surface area (Å²) < 4.78 is 0. The standard InChI is InChI=1S/C15H27N3/c1-6-18(7-2)14-10-8-9-13(17-14)11-12-16-15(3,4)5/h8-10,16H,6-7,11-12H2,1-5H3. The lowest BCUT2D eigenvalue weighted by molar-refractivity contribution is 0.428. The van der Waals surface area contributed by atoms with E-state index in [0.717, 1.165) is 37.6 Å². The molecular weight excluding hydrogens is 222 g/mol. The minimum absolute atomic E-state index is 0.177. The summed E-state index contributed by atoms with van der Waals surface area (Å²) >= 11 is 0. The Morgan fingerprint density at radius 1 is 1.17 bits per heavy atom. The molecule has 0 amide bonds. The van der Waals surface area contributed by atoms with E-state index in [9.17, 15) is 0 Å². The van der Waals surface area contributed by atoms with Gasteiger partial charge >= 0.3 is 0 Å². The molecule has 0 unspecified atom stereocenters. The highest BCUT2D eigenvalue weighted by atomic mass is 15.2. The molecule has 0 aromatic carbocycles. The molecule has 3 heteroatoms. The molecule has 18 heavy (non-hydrogen) atoms. The molecule has 0 saturated carbocycles. The van der Waals surface area contributed by atoms with Gasteiger partial charge in [0.1, 0.15) is 5.82 Å². The van der Waals surface area contributed by atoms with E-state index in [0.29, 0.717) is 0 Å². The van der Waals surface area contributed by atoms with Crippen LogP contribution in [0.15, 0.2) is 18.2 Å². The number of hydrogen-bond donors (Lipinski definition) is 1. The molecule has 1 aromatic heterocycles. The molecule has 0 spiro atoms. The van der Waals surface area contributed by atoms with Crippen molar-refractivity contribution in [3.63, 3.8) is 0 Å². The van der Waals surface area contributed by atoms with Crippen LogP contribution in [0.4, 0.5) is 5.82 Å². The summed E-state index contributed by atoms with van der Waals surface area (Å²) in [7, 11) is 0. The monoisotopic (exact) mass is 249 g/mol. The summed E-state index contributed by atoms with van der Waals surface area (Å²) in [5, 5.41) is 3.49. The zero-order valence-electron chi connectivity index (χ0n) is 12.5. The third-order valence-electron chi connectivity index (χ3n) is 2.92. The summed E-state index contributed by atoms with van der Waals surface area (Å²) in [6.07, 6.45) is 0.979. The van der Waals surface area contributed by atoms with Crippen molar-refractivity contribution in [1.82, 2.24) is 10.3 Å². The second-order valence-corrected chi connectivity index (χ2v) is 5.59. The minimum Gasteiger partial charge on any atom is -0.357 e. The smallest absolute Gasteiger partial charge is 0.128 e. The van der Waals surface area contributed by atoms with Crippen LogP contribution in [-0.4, -0.2) is 30.2 Å². The highest BCUT2D eigenvalue weighted by molar-refractivity contribution is 5.38. The maximum Gasteiger partial charge on any atom is 0.128 e. The number of aromatic nitrogens is 1. The van der Waals surface area contributed by atoms with E-state index in [1.165, 1.54) is 0 Å². The Kier molecular flexibility index (Phi) is 5.60. The van der Waals surface area contributed by atoms with Gasteiger partial charge < -0.3 is 10.2 Å². The molecule has 0 fully saturated rings. The lowest BCUT2D eigenvalue weighted by atomic mass is 10.1. The van der Waals surface area contributed by atoms with Crippen LogP contribution >= 0.6 is 0 Å². The van der Waals surface area contributed by atoms with Gasteiger partial charge in [0.15, 0.2) is 0 Å². The van der Waals surface area contributed by atoms with Crippen molar-refractivity contribution >= 4 is 5.82 Å². The molecule has 0 radical (unpaired) electrons. The average molecular weight is 249 g/mol. The number of hydrogen-bond acceptors (Lipinski definition) is 3. The second-order valence-electron chi connectivity index (χ2n) is 5.59. The molecule has 0 saturated heterocycles. The van der Waals surface area contributed by atoms with Gasteiger partial charge in [-0.25, -0.2) is 4.98 Å². The maximum absolute atomic E-state index is 4.72. The minimum atomic E-state index is 0.177. The van der Waals surface area contributed by atoms with Gasteiger partial charge in [0.25, 0.3) is 0 Å². The average Bonchev–Trinajstić information content (AvgIpc) is 2.29. The van der Waals surface area contributed by atoms with Gasteiger partial charge in [-0.1, -0.05) is 6.07 Å². The molecule has 1 N–H and O–H groups in total. The molecule has 0 atom stereocenters. The van der Waals surface area contributed by atoms with E-state index in [4.69, 9.17) is 4.98 Å². The van der Waals surface area contributed by atoms with Crippen LogP contribution in [0.1, 0.15) is 40.3 Å². The van der Waals surface area contributed by atoms with Crippen molar-refractivity contribution in [2.45, 2.75) is 46.6 Å². The van der Waals surface area contributed by atoms with Gasteiger partial charge in [-0.05, 0) is 46.8 Å². The first-order valence-electron chi connectivity index (χ1n) is 6.92. The number of nitrogens with one attached hydrogen (secondary N) is 1. The summed E-state index contributed by atoms with van der Waals surface area (Å²) in [6, 6.07) is 6.30. The van der Waals surface area contributed by atoms with Crippen molar-refractivity contribution in [3.8, 4) is 0 Å². The molecule has 102 valence electrons. The predicted octanol–water partition coefficient (Wildman–Crippen LogP) is 2.86. The largest absolute Gasteiger partial charge is 0.357 e. The first-order valence-corrected chi connectivity index (χ1v) is 6.92. The third kappa shape index (κ3) is 5.05. The third-order valence-corrected chi connectivity index (χ3v) is 2.92. The number of pyridine rings is 1. The van der Waals surface area contributed by atoms with E-state index >= 15 is 0 Å². The zero-order chi connectivity index (χ0) is 13.6. The Bertz CT molecular complexity index is 351. The van der Waals surface area contributed by atoms with Gasteiger partial charge in [-0.15, -0.1) is 0 Å². The van der Waals surface area contributed by atoms with Crippen molar-refractivity contribution in [1.29, 1.82) is 0 Å². The van der Waals surface area contributed by atoms with Crippen molar-refractivity contribution < 1.29 is 0 Å². The summed E-state index contributed by atoms with van der Waals surface area (Å²) in [4.78, 5) is 7.00. The number of rotatable bonds is 6. The molecule has 0 bridgehead atoms. The molecular formula is C15H27N3. The fourth-order valence-electron chi connectivity index (χ4n) is 1.90. The first kappa shape index (κ1) is 15.0. The van der Waals surface area contributed by atoms with Crippen molar-refractivity contribution in [2.24, 2.45) is 0 Å². The molecule has 0 aliphatic heterocycles. The molecule has 0 aliphatic rings. The Morgan fingerprint density at radius 3 is 2.39 bits per heavy atom.